The van der Waals surface area contributed by atoms with Crippen molar-refractivity contribution < 1.29 is 14.4 Å². The second-order valence-electron chi connectivity index (χ2n) is 5.09. The number of anilines is 1. The van der Waals surface area contributed by atoms with Crippen molar-refractivity contribution in [3.63, 3.8) is 0 Å². The Morgan fingerprint density at radius 2 is 1.46 bits per heavy atom. The van der Waals surface area contributed by atoms with E-state index >= 15 is 0 Å². The molecule has 1 N–H and O–H groups in total. The summed E-state index contributed by atoms with van der Waals surface area (Å²) in [5, 5.41) is 2.18. The topological polar surface area (TPSA) is 66.5 Å². The summed E-state index contributed by atoms with van der Waals surface area (Å²) in [5.74, 6) is -1.34. The maximum absolute atomic E-state index is 12.5. The Balaban J connectivity index is 1.88. The van der Waals surface area contributed by atoms with Crippen LogP contribution < -0.4 is 10.2 Å². The smallest absolute Gasteiger partial charge is 0.273 e. The highest BCUT2D eigenvalue weighted by atomic mass is 16.2. The number of para-hydroxylation sites is 1. The minimum Gasteiger partial charge on any atom is -0.273 e. The fourth-order valence-corrected chi connectivity index (χ4v) is 2.31. The third kappa shape index (κ3) is 3.15. The van der Waals surface area contributed by atoms with Crippen molar-refractivity contribution >= 4 is 29.6 Å². The number of amides is 4. The number of allylic oxidation sites excluding steroid dienone is 2. The number of urea groups is 1. The molecule has 2 aromatic carbocycles. The lowest BCUT2D eigenvalue weighted by atomic mass is 10.1. The molecule has 0 bridgehead atoms. The molecule has 0 aromatic heterocycles. The minimum absolute atomic E-state index is 0.0920. The fraction of sp³-hybridized carbons (Fsp3) is 0. The van der Waals surface area contributed by atoms with E-state index in [0.29, 0.717) is 5.69 Å². The van der Waals surface area contributed by atoms with Crippen molar-refractivity contribution in [1.82, 2.24) is 5.32 Å². The molecule has 3 rings (SSSR count). The van der Waals surface area contributed by atoms with E-state index in [1.807, 2.05) is 30.3 Å². The molecule has 1 heterocycles. The van der Waals surface area contributed by atoms with Gasteiger partial charge >= 0.3 is 6.03 Å². The largest absolute Gasteiger partial charge is 0.335 e. The number of barbiturate groups is 1. The van der Waals surface area contributed by atoms with Crippen molar-refractivity contribution in [2.45, 2.75) is 0 Å². The normalized spacial score (nSPS) is 16.8. The van der Waals surface area contributed by atoms with Gasteiger partial charge < -0.3 is 0 Å². The van der Waals surface area contributed by atoms with Crippen LogP contribution in [0.3, 0.4) is 0 Å². The number of nitrogens with zero attached hydrogens (tertiary/aromatic N) is 1. The maximum Gasteiger partial charge on any atom is 0.335 e. The maximum atomic E-state index is 12.5. The molecule has 1 fully saturated rings. The third-order valence-corrected chi connectivity index (χ3v) is 3.47. The Morgan fingerprint density at radius 3 is 2.12 bits per heavy atom. The summed E-state index contributed by atoms with van der Waals surface area (Å²) < 4.78 is 0. The highest BCUT2D eigenvalue weighted by Gasteiger charge is 2.36. The van der Waals surface area contributed by atoms with E-state index in [2.05, 4.69) is 5.32 Å². The van der Waals surface area contributed by atoms with Crippen LogP contribution in [0.25, 0.3) is 6.08 Å². The summed E-state index contributed by atoms with van der Waals surface area (Å²) in [5.41, 5.74) is 1.25. The number of carbonyl (C=O) groups excluding carboxylic acids is 3. The molecule has 5 nitrogen and oxygen atoms in total. The highest BCUT2D eigenvalue weighted by molar-refractivity contribution is 6.37. The van der Waals surface area contributed by atoms with Crippen LogP contribution in [0.1, 0.15) is 5.56 Å². The summed E-state index contributed by atoms with van der Waals surface area (Å²) in [4.78, 5) is 37.4. The first-order chi connectivity index (χ1) is 11.7. The van der Waals surface area contributed by atoms with E-state index in [4.69, 9.17) is 0 Å². The lowest BCUT2D eigenvalue weighted by Crippen LogP contribution is -2.54. The second kappa shape index (κ2) is 6.75. The van der Waals surface area contributed by atoms with Gasteiger partial charge in [0.25, 0.3) is 11.8 Å². The molecule has 1 aliphatic heterocycles. The van der Waals surface area contributed by atoms with Gasteiger partial charge in [-0.05, 0) is 23.8 Å². The average Bonchev–Trinajstić information content (AvgIpc) is 2.59. The Bertz CT molecular complexity index is 839. The molecule has 0 atom stereocenters. The van der Waals surface area contributed by atoms with Gasteiger partial charge in [-0.15, -0.1) is 0 Å². The highest BCUT2D eigenvalue weighted by Crippen LogP contribution is 2.20. The fourth-order valence-electron chi connectivity index (χ4n) is 2.31. The molecule has 0 unspecified atom stereocenters. The predicted octanol–water partition coefficient (Wildman–Crippen LogP) is 2.91. The van der Waals surface area contributed by atoms with Crippen LogP contribution in [-0.2, 0) is 9.59 Å². The molecule has 0 aliphatic carbocycles. The van der Waals surface area contributed by atoms with Crippen LogP contribution >= 0.6 is 0 Å². The van der Waals surface area contributed by atoms with E-state index in [1.165, 1.54) is 6.08 Å². The van der Waals surface area contributed by atoms with Gasteiger partial charge in [0.1, 0.15) is 5.57 Å². The van der Waals surface area contributed by atoms with E-state index in [0.717, 1.165) is 10.5 Å². The molecule has 1 aliphatic rings. The lowest BCUT2D eigenvalue weighted by molar-refractivity contribution is -0.122. The Hall–Kier alpha value is -3.47. The van der Waals surface area contributed by atoms with Crippen molar-refractivity contribution in [3.8, 4) is 0 Å². The van der Waals surface area contributed by atoms with Crippen molar-refractivity contribution in [2.24, 2.45) is 0 Å². The summed E-state index contributed by atoms with van der Waals surface area (Å²) in [6.45, 7) is 0. The Kier molecular flexibility index (Phi) is 4.34. The van der Waals surface area contributed by atoms with Crippen molar-refractivity contribution in [2.75, 3.05) is 4.90 Å². The number of hydrogen-bond acceptors (Lipinski definition) is 3. The third-order valence-electron chi connectivity index (χ3n) is 3.47. The van der Waals surface area contributed by atoms with Crippen LogP contribution in [0.4, 0.5) is 10.5 Å². The number of rotatable bonds is 3. The van der Waals surface area contributed by atoms with Crippen LogP contribution in [-0.4, -0.2) is 17.8 Å². The van der Waals surface area contributed by atoms with Gasteiger partial charge in [-0.25, -0.2) is 9.69 Å². The Labute approximate surface area is 138 Å². The molecule has 0 radical (unpaired) electrons. The van der Waals surface area contributed by atoms with Crippen LogP contribution in [0.5, 0.6) is 0 Å². The van der Waals surface area contributed by atoms with Crippen molar-refractivity contribution in [3.05, 3.63) is 84.0 Å². The zero-order valence-electron chi connectivity index (χ0n) is 12.7. The molecule has 0 spiro atoms. The first kappa shape index (κ1) is 15.4. The molecule has 2 aromatic rings. The zero-order chi connectivity index (χ0) is 16.9. The van der Waals surface area contributed by atoms with E-state index in [9.17, 15) is 14.4 Å². The SMILES string of the molecule is O=C1NC(=O)N(c2ccccc2)C(=O)/C1=C/C=C/c1ccccc1. The lowest BCUT2D eigenvalue weighted by Gasteiger charge is -2.26. The molecule has 1 saturated heterocycles. The predicted molar refractivity (Wildman–Crippen MR) is 91.0 cm³/mol. The minimum atomic E-state index is -0.750. The van der Waals surface area contributed by atoms with Crippen molar-refractivity contribution in [1.29, 1.82) is 0 Å². The summed E-state index contributed by atoms with van der Waals surface area (Å²) in [7, 11) is 0. The summed E-state index contributed by atoms with van der Waals surface area (Å²) >= 11 is 0. The van der Waals surface area contributed by atoms with E-state index in [-0.39, 0.29) is 5.57 Å². The number of hydrogen-bond donors (Lipinski definition) is 1. The van der Waals surface area contributed by atoms with Gasteiger partial charge in [-0.2, -0.15) is 0 Å². The molecule has 4 amide bonds. The van der Waals surface area contributed by atoms with Gasteiger partial charge in [0.2, 0.25) is 0 Å². The molecule has 0 saturated carbocycles. The number of carbonyl (C=O) groups is 3. The van der Waals surface area contributed by atoms with Gasteiger partial charge in [0.05, 0.1) is 5.69 Å². The Morgan fingerprint density at radius 1 is 0.833 bits per heavy atom. The first-order valence-corrected chi connectivity index (χ1v) is 7.35. The van der Waals surface area contributed by atoms with E-state index in [1.54, 1.807) is 42.5 Å². The molecule has 118 valence electrons. The molecular formula is C19H14N2O3. The van der Waals surface area contributed by atoms with Crippen LogP contribution in [0.15, 0.2) is 78.4 Å². The number of benzene rings is 2. The number of imide groups is 2. The molecule has 5 heteroatoms. The quantitative estimate of drug-likeness (QED) is 0.699. The average molecular weight is 318 g/mol. The second-order valence-corrected chi connectivity index (χ2v) is 5.09. The number of nitrogens with one attached hydrogen (secondary N) is 1. The van der Waals surface area contributed by atoms with Gasteiger partial charge in [0.15, 0.2) is 0 Å². The monoisotopic (exact) mass is 318 g/mol. The van der Waals surface area contributed by atoms with Crippen LogP contribution in [0.2, 0.25) is 0 Å². The van der Waals surface area contributed by atoms with Crippen LogP contribution in [0, 0.1) is 0 Å². The van der Waals surface area contributed by atoms with Gasteiger partial charge in [0, 0.05) is 0 Å². The standard InChI is InChI=1S/C19H14N2O3/c22-17-16(13-7-10-14-8-3-1-4-9-14)18(23)21(19(24)20-17)15-11-5-2-6-12-15/h1-13H,(H,20,22,24)/b10-7+,16-13+. The van der Waals surface area contributed by atoms with Gasteiger partial charge in [-0.1, -0.05) is 60.7 Å². The van der Waals surface area contributed by atoms with E-state index < -0.39 is 17.8 Å². The summed E-state index contributed by atoms with van der Waals surface area (Å²) in [6.07, 6.45) is 4.80. The molecular weight excluding hydrogens is 304 g/mol. The van der Waals surface area contributed by atoms with Gasteiger partial charge in [-0.3, -0.25) is 14.9 Å². The zero-order valence-corrected chi connectivity index (χ0v) is 12.7. The summed E-state index contributed by atoms with van der Waals surface area (Å²) in [6, 6.07) is 17.2. The molecule has 24 heavy (non-hydrogen) atoms. The first-order valence-electron chi connectivity index (χ1n) is 7.35.